The molecule has 2 amide bonds. The van der Waals surface area contributed by atoms with Crippen molar-refractivity contribution >= 4 is 11.8 Å². The minimum absolute atomic E-state index is 0.0750. The molecule has 2 aliphatic heterocycles. The minimum atomic E-state index is -0.386. The van der Waals surface area contributed by atoms with Gasteiger partial charge in [-0.15, -0.1) is 0 Å². The van der Waals surface area contributed by atoms with Crippen molar-refractivity contribution in [2.24, 2.45) is 17.6 Å². The van der Waals surface area contributed by atoms with Crippen LogP contribution in [0, 0.1) is 25.7 Å². The summed E-state index contributed by atoms with van der Waals surface area (Å²) in [5.41, 5.74) is 9.26. The van der Waals surface area contributed by atoms with Gasteiger partial charge in [-0.1, -0.05) is 12.1 Å². The van der Waals surface area contributed by atoms with Crippen molar-refractivity contribution in [1.82, 2.24) is 19.8 Å². The van der Waals surface area contributed by atoms with Crippen LogP contribution in [0.25, 0.3) is 0 Å². The van der Waals surface area contributed by atoms with Gasteiger partial charge in [0.25, 0.3) is 5.91 Å². The average Bonchev–Trinajstić information content (AvgIpc) is 3.27. The predicted octanol–water partition coefficient (Wildman–Crippen LogP) is 1.83. The van der Waals surface area contributed by atoms with E-state index in [4.69, 9.17) is 5.73 Å². The zero-order valence-corrected chi connectivity index (χ0v) is 17.7. The first-order valence-corrected chi connectivity index (χ1v) is 10.6. The molecule has 2 fully saturated rings. The highest BCUT2D eigenvalue weighted by atomic mass is 16.2. The molecule has 0 radical (unpaired) electrons. The number of primary amides is 1. The molecule has 2 saturated heterocycles. The number of benzene rings is 1. The van der Waals surface area contributed by atoms with Gasteiger partial charge in [0.1, 0.15) is 6.33 Å². The monoisotopic (exact) mass is 407 g/mol. The zero-order chi connectivity index (χ0) is 21.3. The third-order valence-electron chi connectivity index (χ3n) is 6.47. The van der Waals surface area contributed by atoms with Gasteiger partial charge in [-0.05, 0) is 62.8 Å². The largest absolute Gasteiger partial charge is 0.366 e. The summed E-state index contributed by atoms with van der Waals surface area (Å²) in [6, 6.07) is 7.56. The van der Waals surface area contributed by atoms with Crippen LogP contribution in [0.2, 0.25) is 0 Å². The quantitative estimate of drug-likeness (QED) is 0.789. The molecule has 2 aliphatic rings. The Kier molecular flexibility index (Phi) is 5.81. The van der Waals surface area contributed by atoms with E-state index in [9.17, 15) is 9.59 Å². The third-order valence-corrected chi connectivity index (χ3v) is 6.47. The summed E-state index contributed by atoms with van der Waals surface area (Å²) >= 11 is 0. The molecule has 1 aromatic heterocycles. The lowest BCUT2D eigenvalue weighted by atomic mass is 10.0. The molecule has 2 aromatic rings. The van der Waals surface area contributed by atoms with E-state index < -0.39 is 0 Å². The molecule has 0 saturated carbocycles. The van der Waals surface area contributed by atoms with Crippen molar-refractivity contribution in [3.05, 3.63) is 58.7 Å². The molecular formula is C23H29N5O2. The van der Waals surface area contributed by atoms with Crippen LogP contribution >= 0.6 is 0 Å². The van der Waals surface area contributed by atoms with Gasteiger partial charge in [-0.25, -0.2) is 9.97 Å². The standard InChI is InChI=1S/C23H29N5O2/c1-15-21(16(2)26-14-25-15)23(30)28-12-19-10-27(11-20(19)13-28)9-3-4-17-5-7-18(8-6-17)22(24)29/h5-8,14,19-20H,3-4,9-13H2,1-2H3,(H2,24,29). The van der Waals surface area contributed by atoms with Crippen LogP contribution in [0.4, 0.5) is 0 Å². The van der Waals surface area contributed by atoms with Gasteiger partial charge in [0.05, 0.1) is 17.0 Å². The maximum atomic E-state index is 13.0. The molecule has 2 unspecified atom stereocenters. The Morgan fingerprint density at radius 2 is 1.60 bits per heavy atom. The summed E-state index contributed by atoms with van der Waals surface area (Å²) in [7, 11) is 0. The van der Waals surface area contributed by atoms with E-state index >= 15 is 0 Å². The molecule has 30 heavy (non-hydrogen) atoms. The number of nitrogens with zero attached hydrogens (tertiary/aromatic N) is 4. The number of aromatic nitrogens is 2. The number of nitrogens with two attached hydrogens (primary N) is 1. The number of carbonyl (C=O) groups is 2. The maximum absolute atomic E-state index is 13.0. The molecule has 2 N–H and O–H groups in total. The van der Waals surface area contributed by atoms with Crippen LogP contribution in [0.5, 0.6) is 0 Å². The second kappa shape index (κ2) is 8.52. The fraction of sp³-hybridized carbons (Fsp3) is 0.478. The van der Waals surface area contributed by atoms with E-state index in [0.717, 1.165) is 57.0 Å². The van der Waals surface area contributed by atoms with Crippen LogP contribution < -0.4 is 5.73 Å². The van der Waals surface area contributed by atoms with Crippen LogP contribution in [-0.2, 0) is 6.42 Å². The van der Waals surface area contributed by atoms with E-state index in [1.807, 2.05) is 30.9 Å². The molecule has 1 aromatic carbocycles. The molecule has 7 nitrogen and oxygen atoms in total. The third kappa shape index (κ3) is 4.21. The summed E-state index contributed by atoms with van der Waals surface area (Å²) in [6.45, 7) is 8.56. The Balaban J connectivity index is 1.25. The molecule has 2 atom stereocenters. The van der Waals surface area contributed by atoms with Crippen LogP contribution in [0.15, 0.2) is 30.6 Å². The molecule has 0 spiro atoms. The molecule has 7 heteroatoms. The lowest BCUT2D eigenvalue weighted by molar-refractivity contribution is 0.0771. The number of amides is 2. The van der Waals surface area contributed by atoms with Gasteiger partial charge < -0.3 is 15.5 Å². The Hall–Kier alpha value is -2.80. The summed E-state index contributed by atoms with van der Waals surface area (Å²) < 4.78 is 0. The van der Waals surface area contributed by atoms with Gasteiger partial charge in [0, 0.05) is 31.7 Å². The van der Waals surface area contributed by atoms with Gasteiger partial charge >= 0.3 is 0 Å². The summed E-state index contributed by atoms with van der Waals surface area (Å²) in [5, 5.41) is 0. The highest BCUT2D eigenvalue weighted by Crippen LogP contribution is 2.32. The van der Waals surface area contributed by atoms with Crippen LogP contribution in [0.1, 0.15) is 44.1 Å². The Labute approximate surface area is 177 Å². The van der Waals surface area contributed by atoms with Crippen LogP contribution in [0.3, 0.4) is 0 Å². The normalized spacial score (nSPS) is 21.1. The number of hydrogen-bond acceptors (Lipinski definition) is 5. The predicted molar refractivity (Wildman–Crippen MR) is 114 cm³/mol. The lowest BCUT2D eigenvalue weighted by Crippen LogP contribution is -2.34. The first kappa shape index (κ1) is 20.5. The van der Waals surface area contributed by atoms with Gasteiger partial charge in [0.15, 0.2) is 0 Å². The number of aryl methyl sites for hydroxylation is 3. The summed E-state index contributed by atoms with van der Waals surface area (Å²) in [4.78, 5) is 37.1. The minimum Gasteiger partial charge on any atom is -0.366 e. The zero-order valence-electron chi connectivity index (χ0n) is 17.7. The van der Waals surface area contributed by atoms with Crippen molar-refractivity contribution in [3.63, 3.8) is 0 Å². The van der Waals surface area contributed by atoms with Crippen molar-refractivity contribution in [2.45, 2.75) is 26.7 Å². The van der Waals surface area contributed by atoms with Crippen molar-refractivity contribution < 1.29 is 9.59 Å². The smallest absolute Gasteiger partial charge is 0.257 e. The van der Waals surface area contributed by atoms with Crippen LogP contribution in [-0.4, -0.2) is 64.3 Å². The fourth-order valence-electron chi connectivity index (χ4n) is 4.84. The number of hydrogen-bond donors (Lipinski definition) is 1. The Morgan fingerprint density at radius 3 is 2.17 bits per heavy atom. The van der Waals surface area contributed by atoms with Crippen molar-refractivity contribution in [3.8, 4) is 0 Å². The Morgan fingerprint density at radius 1 is 1.00 bits per heavy atom. The van der Waals surface area contributed by atoms with Gasteiger partial charge in [-0.2, -0.15) is 0 Å². The topological polar surface area (TPSA) is 92.4 Å². The fourth-order valence-corrected chi connectivity index (χ4v) is 4.84. The van der Waals surface area contributed by atoms with Gasteiger partial charge in [0.2, 0.25) is 5.91 Å². The first-order chi connectivity index (χ1) is 14.4. The molecule has 4 rings (SSSR count). The van der Waals surface area contributed by atoms with E-state index in [1.165, 1.54) is 11.9 Å². The SMILES string of the molecule is Cc1ncnc(C)c1C(=O)N1CC2CN(CCCc3ccc(C(N)=O)cc3)CC2C1. The molecule has 158 valence electrons. The van der Waals surface area contributed by atoms with E-state index in [1.54, 1.807) is 12.1 Å². The average molecular weight is 408 g/mol. The molecular weight excluding hydrogens is 378 g/mol. The van der Waals surface area contributed by atoms with Gasteiger partial charge in [-0.3, -0.25) is 9.59 Å². The first-order valence-electron chi connectivity index (χ1n) is 10.6. The number of likely N-dealkylation sites (tertiary alicyclic amines) is 2. The highest BCUT2D eigenvalue weighted by Gasteiger charge is 2.41. The lowest BCUT2D eigenvalue weighted by Gasteiger charge is -2.22. The molecule has 3 heterocycles. The second-order valence-electron chi connectivity index (χ2n) is 8.57. The van der Waals surface area contributed by atoms with E-state index in [0.29, 0.717) is 23.0 Å². The number of carbonyl (C=O) groups excluding carboxylic acids is 2. The number of fused-ring (bicyclic) bond motifs is 1. The van der Waals surface area contributed by atoms with E-state index in [-0.39, 0.29) is 11.8 Å². The highest BCUT2D eigenvalue weighted by molar-refractivity contribution is 5.96. The summed E-state index contributed by atoms with van der Waals surface area (Å²) in [6.07, 6.45) is 3.59. The molecule has 0 bridgehead atoms. The van der Waals surface area contributed by atoms with E-state index in [2.05, 4.69) is 14.9 Å². The van der Waals surface area contributed by atoms with Crippen molar-refractivity contribution in [1.29, 1.82) is 0 Å². The Bertz CT molecular complexity index is 909. The molecule has 0 aliphatic carbocycles. The summed E-state index contributed by atoms with van der Waals surface area (Å²) in [5.74, 6) is 0.789. The second-order valence-corrected chi connectivity index (χ2v) is 8.57. The van der Waals surface area contributed by atoms with Crippen molar-refractivity contribution in [2.75, 3.05) is 32.7 Å². The number of rotatable bonds is 6. The maximum Gasteiger partial charge on any atom is 0.257 e.